The van der Waals surface area contributed by atoms with E-state index in [1.54, 1.807) is 0 Å². The molecular weight excluding hydrogens is 452 g/mol. The number of carbonyl (C=O) groups excluding carboxylic acids is 1. The van der Waals surface area contributed by atoms with E-state index < -0.39 is 16.4 Å². The SMILES string of the molecule is CC[C@H](C(=O)OC(C)(C)C)C1(CS(=O)c2ccc(C)cc2)CCCCCCCCCCCCCC1. The highest BCUT2D eigenvalue weighted by atomic mass is 32.2. The van der Waals surface area contributed by atoms with Crippen molar-refractivity contribution in [1.82, 2.24) is 0 Å². The smallest absolute Gasteiger partial charge is 0.310 e. The first-order chi connectivity index (χ1) is 16.7. The fourth-order valence-electron chi connectivity index (χ4n) is 5.70. The third-order valence-corrected chi connectivity index (χ3v) is 9.28. The summed E-state index contributed by atoms with van der Waals surface area (Å²) >= 11 is 0. The van der Waals surface area contributed by atoms with E-state index >= 15 is 0 Å². The molecule has 0 N–H and O–H groups in total. The molecule has 0 bridgehead atoms. The van der Waals surface area contributed by atoms with Crippen LogP contribution in [-0.2, 0) is 20.3 Å². The third-order valence-electron chi connectivity index (χ3n) is 7.64. The van der Waals surface area contributed by atoms with Crippen molar-refractivity contribution in [1.29, 1.82) is 0 Å². The first-order valence-corrected chi connectivity index (χ1v) is 15.7. The quantitative estimate of drug-likeness (QED) is 0.363. The van der Waals surface area contributed by atoms with Crippen molar-refractivity contribution in [2.24, 2.45) is 11.3 Å². The van der Waals surface area contributed by atoms with Crippen LogP contribution in [0.5, 0.6) is 0 Å². The zero-order valence-corrected chi connectivity index (χ0v) is 24.1. The summed E-state index contributed by atoms with van der Waals surface area (Å²) < 4.78 is 19.7. The largest absolute Gasteiger partial charge is 0.460 e. The van der Waals surface area contributed by atoms with E-state index in [4.69, 9.17) is 4.74 Å². The maximum atomic E-state index is 13.7. The standard InChI is InChI=1S/C31H52O3S/c1-6-28(29(32)34-30(3,4)5)31(25-35(33)27-21-19-26(2)20-22-27)23-17-15-13-11-9-7-8-10-12-14-16-18-24-31/h19-22,28H,6-18,23-25H2,1-5H3/t28-,35?/m1/s1. The summed E-state index contributed by atoms with van der Waals surface area (Å²) in [7, 11) is -1.14. The third kappa shape index (κ3) is 10.8. The van der Waals surface area contributed by atoms with Gasteiger partial charge in [-0.15, -0.1) is 0 Å². The topological polar surface area (TPSA) is 43.4 Å². The molecule has 35 heavy (non-hydrogen) atoms. The van der Waals surface area contributed by atoms with E-state index in [0.29, 0.717) is 5.75 Å². The van der Waals surface area contributed by atoms with Crippen molar-refractivity contribution in [3.8, 4) is 0 Å². The van der Waals surface area contributed by atoms with Crippen molar-refractivity contribution in [2.45, 2.75) is 141 Å². The predicted molar refractivity (Wildman–Crippen MR) is 149 cm³/mol. The molecule has 1 unspecified atom stereocenters. The molecule has 0 radical (unpaired) electrons. The van der Waals surface area contributed by atoms with Crippen LogP contribution >= 0.6 is 0 Å². The van der Waals surface area contributed by atoms with Crippen LogP contribution < -0.4 is 0 Å². The highest BCUT2D eigenvalue weighted by molar-refractivity contribution is 7.85. The van der Waals surface area contributed by atoms with E-state index in [0.717, 1.165) is 37.0 Å². The minimum atomic E-state index is -1.14. The number of ether oxygens (including phenoxy) is 1. The Balaban J connectivity index is 2.35. The lowest BCUT2D eigenvalue weighted by molar-refractivity contribution is -0.165. The number of benzene rings is 1. The zero-order chi connectivity index (χ0) is 25.7. The van der Waals surface area contributed by atoms with Crippen LogP contribution in [0.2, 0.25) is 0 Å². The first-order valence-electron chi connectivity index (χ1n) is 14.3. The number of esters is 1. The van der Waals surface area contributed by atoms with Gasteiger partial charge in [0, 0.05) is 10.6 Å². The lowest BCUT2D eigenvalue weighted by atomic mass is 9.68. The van der Waals surface area contributed by atoms with Gasteiger partial charge < -0.3 is 4.74 Å². The number of aryl methyl sites for hydroxylation is 1. The van der Waals surface area contributed by atoms with E-state index in [1.807, 2.05) is 45.0 Å². The number of rotatable bonds is 6. The van der Waals surface area contributed by atoms with Gasteiger partial charge in [0.25, 0.3) is 0 Å². The molecule has 3 nitrogen and oxygen atoms in total. The van der Waals surface area contributed by atoms with Gasteiger partial charge in [0.1, 0.15) is 5.60 Å². The maximum Gasteiger partial charge on any atom is 0.310 e. The minimum absolute atomic E-state index is 0.0983. The van der Waals surface area contributed by atoms with E-state index in [-0.39, 0.29) is 17.3 Å². The minimum Gasteiger partial charge on any atom is -0.460 e. The van der Waals surface area contributed by atoms with Crippen molar-refractivity contribution < 1.29 is 13.7 Å². The molecule has 0 saturated heterocycles. The lowest BCUT2D eigenvalue weighted by Crippen LogP contribution is -2.43. The van der Waals surface area contributed by atoms with E-state index in [2.05, 4.69) is 13.8 Å². The van der Waals surface area contributed by atoms with Gasteiger partial charge in [-0.05, 0) is 64.5 Å². The summed E-state index contributed by atoms with van der Waals surface area (Å²) in [5.41, 5.74) is 0.379. The molecule has 0 spiro atoms. The summed E-state index contributed by atoms with van der Waals surface area (Å²) in [6, 6.07) is 8.09. The fraction of sp³-hybridized carbons (Fsp3) is 0.774. The molecule has 1 fully saturated rings. The van der Waals surface area contributed by atoms with Crippen LogP contribution in [0.15, 0.2) is 29.2 Å². The van der Waals surface area contributed by atoms with Crippen LogP contribution in [0.4, 0.5) is 0 Å². The fourth-order valence-corrected chi connectivity index (χ4v) is 7.32. The Hall–Kier alpha value is -1.16. The molecule has 1 aromatic carbocycles. The summed E-state index contributed by atoms with van der Waals surface area (Å²) in [5.74, 6) is 0.235. The normalized spacial score (nSPS) is 20.7. The molecule has 1 aliphatic rings. The second-order valence-corrected chi connectivity index (χ2v) is 13.4. The Morgan fingerprint density at radius 1 is 0.857 bits per heavy atom. The van der Waals surface area contributed by atoms with Crippen LogP contribution in [0.1, 0.15) is 130 Å². The average molecular weight is 505 g/mol. The molecule has 1 aromatic rings. The number of carbonyl (C=O) groups is 1. The van der Waals surface area contributed by atoms with Gasteiger partial charge in [-0.3, -0.25) is 9.00 Å². The van der Waals surface area contributed by atoms with Crippen molar-refractivity contribution in [2.75, 3.05) is 5.75 Å². The van der Waals surface area contributed by atoms with Crippen LogP contribution in [0, 0.1) is 18.3 Å². The Morgan fingerprint density at radius 3 is 1.69 bits per heavy atom. The molecular formula is C31H52O3S. The highest BCUT2D eigenvalue weighted by Gasteiger charge is 2.44. The van der Waals surface area contributed by atoms with Gasteiger partial charge in [-0.1, -0.05) is 102 Å². The number of hydrogen-bond acceptors (Lipinski definition) is 3. The Kier molecular flexibility index (Phi) is 13.0. The number of hydrogen-bond donors (Lipinski definition) is 0. The van der Waals surface area contributed by atoms with Crippen LogP contribution in [-0.4, -0.2) is 21.5 Å². The molecule has 4 heteroatoms. The summed E-state index contributed by atoms with van der Waals surface area (Å²) in [6.45, 7) is 10.0. The molecule has 200 valence electrons. The van der Waals surface area contributed by atoms with Crippen molar-refractivity contribution in [3.05, 3.63) is 29.8 Å². The van der Waals surface area contributed by atoms with Gasteiger partial charge in [-0.2, -0.15) is 0 Å². The zero-order valence-electron chi connectivity index (χ0n) is 23.3. The van der Waals surface area contributed by atoms with E-state index in [1.165, 1.54) is 69.8 Å². The van der Waals surface area contributed by atoms with Crippen LogP contribution in [0.3, 0.4) is 0 Å². The molecule has 0 heterocycles. The van der Waals surface area contributed by atoms with Gasteiger partial charge in [0.05, 0.1) is 16.7 Å². The van der Waals surface area contributed by atoms with E-state index in [9.17, 15) is 9.00 Å². The molecule has 0 aliphatic heterocycles. The van der Waals surface area contributed by atoms with Gasteiger partial charge in [0.15, 0.2) is 0 Å². The molecule has 2 rings (SSSR count). The highest BCUT2D eigenvalue weighted by Crippen LogP contribution is 2.44. The molecule has 0 aromatic heterocycles. The molecule has 1 aliphatic carbocycles. The predicted octanol–water partition coefficient (Wildman–Crippen LogP) is 8.93. The van der Waals surface area contributed by atoms with Crippen LogP contribution in [0.25, 0.3) is 0 Å². The average Bonchev–Trinajstić information content (AvgIpc) is 2.79. The Labute approximate surface area is 218 Å². The summed E-state index contributed by atoms with van der Waals surface area (Å²) in [5, 5.41) is 0. The molecule has 0 amide bonds. The maximum absolute atomic E-state index is 13.7. The van der Waals surface area contributed by atoms with Gasteiger partial charge in [0.2, 0.25) is 0 Å². The van der Waals surface area contributed by atoms with Gasteiger partial charge in [-0.25, -0.2) is 0 Å². The molecule has 1 saturated carbocycles. The molecule has 2 atom stereocenters. The Morgan fingerprint density at radius 2 is 1.29 bits per heavy atom. The van der Waals surface area contributed by atoms with Gasteiger partial charge >= 0.3 is 5.97 Å². The monoisotopic (exact) mass is 504 g/mol. The summed E-state index contributed by atoms with van der Waals surface area (Å²) in [6.07, 6.45) is 17.8. The Bertz CT molecular complexity index is 746. The lowest BCUT2D eigenvalue weighted by Gasteiger charge is -2.40. The summed E-state index contributed by atoms with van der Waals surface area (Å²) in [4.78, 5) is 14.4. The van der Waals surface area contributed by atoms with Crippen molar-refractivity contribution in [3.63, 3.8) is 0 Å². The second-order valence-electron chi connectivity index (χ2n) is 11.9. The first kappa shape index (κ1) is 30.1. The van der Waals surface area contributed by atoms with Crippen molar-refractivity contribution >= 4 is 16.8 Å². The second kappa shape index (κ2) is 15.2.